The van der Waals surface area contributed by atoms with Crippen molar-refractivity contribution in [3.05, 3.63) is 155 Å². The maximum Gasteiger partial charge on any atom is 0.314 e. The van der Waals surface area contributed by atoms with Crippen LogP contribution >= 0.6 is 23.2 Å². The van der Waals surface area contributed by atoms with Crippen molar-refractivity contribution in [2.24, 2.45) is 0 Å². The average Bonchev–Trinajstić information content (AvgIpc) is 4.03. The number of aromatic nitrogens is 8. The number of hydrogen-bond acceptors (Lipinski definition) is 13. The molecule has 19 nitrogen and oxygen atoms in total. The van der Waals surface area contributed by atoms with Gasteiger partial charge in [0, 0.05) is 40.2 Å². The number of H-pyrrole nitrogens is 1. The molecule has 0 atom stereocenters. The van der Waals surface area contributed by atoms with E-state index in [1.165, 1.54) is 40.8 Å². The van der Waals surface area contributed by atoms with Crippen LogP contribution < -0.4 is 22.1 Å². The third kappa shape index (κ3) is 13.5. The Labute approximate surface area is 413 Å². The summed E-state index contributed by atoms with van der Waals surface area (Å²) in [5.41, 5.74) is 16.5. The number of amides is 4. The van der Waals surface area contributed by atoms with E-state index in [0.717, 1.165) is 17.2 Å². The standard InChI is InChI=1S/C27H32ClN7O3Si.C21H18ClN7O2/c1-39(2,3)12-11-38-18-35-24-22(14-32-35)25(29)31-15-23(24)33-26(36)27(37)34(16-19-7-5-4-6-8-19)17-21-10-9-20(28)13-30-21;22-14-6-7-15(24-8-14)12-29(11-13-4-2-1-3-5-13)21(31)20(30)27-17-10-25-19(23)16-9-26-28-18(16)17/h4-10,13-15H,11-12,16-18H2,1-3H3,(H2,29,31)(H,33,36);1-10H,11-12H2,(H2,23,25)(H,26,28)(H,27,30). The maximum atomic E-state index is 13.4. The highest BCUT2D eigenvalue weighted by Gasteiger charge is 2.26. The molecule has 360 valence electrons. The molecule has 0 saturated carbocycles. The molecule has 0 aliphatic heterocycles. The molecular formula is C48H50Cl2N14O5Si. The fraction of sp³-hybridized carbons (Fsp3) is 0.208. The van der Waals surface area contributed by atoms with Gasteiger partial charge in [0.25, 0.3) is 0 Å². The van der Waals surface area contributed by atoms with Crippen LogP contribution in [0.15, 0.2) is 122 Å². The predicted molar refractivity (Wildman–Crippen MR) is 271 cm³/mol. The highest BCUT2D eigenvalue weighted by Crippen LogP contribution is 2.28. The predicted octanol–water partition coefficient (Wildman–Crippen LogP) is 7.30. The maximum absolute atomic E-state index is 13.4. The van der Waals surface area contributed by atoms with E-state index in [4.69, 9.17) is 39.4 Å². The molecule has 22 heteroatoms. The van der Waals surface area contributed by atoms with Crippen LogP contribution in [-0.4, -0.2) is 88.0 Å². The summed E-state index contributed by atoms with van der Waals surface area (Å²) in [6, 6.07) is 26.6. The first-order valence-electron chi connectivity index (χ1n) is 21.9. The van der Waals surface area contributed by atoms with Crippen molar-refractivity contribution in [2.45, 2.75) is 58.6 Å². The van der Waals surface area contributed by atoms with Gasteiger partial charge in [-0.25, -0.2) is 14.6 Å². The van der Waals surface area contributed by atoms with Crippen molar-refractivity contribution in [3.63, 3.8) is 0 Å². The number of rotatable bonds is 15. The lowest BCUT2D eigenvalue weighted by Crippen LogP contribution is -2.39. The van der Waals surface area contributed by atoms with E-state index in [9.17, 15) is 19.2 Å². The highest BCUT2D eigenvalue weighted by molar-refractivity contribution is 6.76. The lowest BCUT2D eigenvalue weighted by atomic mass is 10.2. The van der Waals surface area contributed by atoms with Crippen LogP contribution in [0.25, 0.3) is 21.8 Å². The summed E-state index contributed by atoms with van der Waals surface area (Å²) in [5.74, 6) is -2.54. The molecular weight excluding hydrogens is 952 g/mol. The zero-order valence-electron chi connectivity index (χ0n) is 38.5. The topological polar surface area (TPSA) is 258 Å². The van der Waals surface area contributed by atoms with Crippen LogP contribution in [0.5, 0.6) is 0 Å². The van der Waals surface area contributed by atoms with E-state index in [-0.39, 0.29) is 44.5 Å². The van der Waals surface area contributed by atoms with Gasteiger partial charge < -0.3 is 36.6 Å². The number of pyridine rings is 4. The molecule has 0 unspecified atom stereocenters. The van der Waals surface area contributed by atoms with Gasteiger partial charge in [0.15, 0.2) is 0 Å². The molecule has 7 N–H and O–H groups in total. The summed E-state index contributed by atoms with van der Waals surface area (Å²) >= 11 is 11.9. The Bertz CT molecular complexity index is 3080. The summed E-state index contributed by atoms with van der Waals surface area (Å²) in [4.78, 5) is 72.1. The SMILES string of the molecule is C[Si](C)(C)CCOCn1ncc2c(N)ncc(NC(=O)C(=O)N(Cc3ccccc3)Cc3ccc(Cl)cn3)c21.Nc1ncc(NC(=O)C(=O)N(Cc2ccccc2)Cc2ccc(Cl)cn2)c2[nH]ncc12. The van der Waals surface area contributed by atoms with Crippen molar-refractivity contribution >= 4 is 99.7 Å². The molecule has 2 aromatic carbocycles. The molecule has 0 spiro atoms. The normalized spacial score (nSPS) is 11.2. The second-order valence-electron chi connectivity index (χ2n) is 17.2. The van der Waals surface area contributed by atoms with Gasteiger partial charge in [-0.2, -0.15) is 10.2 Å². The number of benzene rings is 2. The molecule has 0 aliphatic rings. The Morgan fingerprint density at radius 2 is 1.16 bits per heavy atom. The molecule has 0 fully saturated rings. The van der Waals surface area contributed by atoms with Crippen LogP contribution in [0.2, 0.25) is 35.7 Å². The Morgan fingerprint density at radius 3 is 1.67 bits per heavy atom. The van der Waals surface area contributed by atoms with E-state index in [1.54, 1.807) is 35.1 Å². The first-order valence-corrected chi connectivity index (χ1v) is 26.3. The van der Waals surface area contributed by atoms with Gasteiger partial charge in [0.2, 0.25) is 0 Å². The second kappa shape index (κ2) is 23.0. The van der Waals surface area contributed by atoms with E-state index in [2.05, 4.69) is 65.5 Å². The summed E-state index contributed by atoms with van der Waals surface area (Å²) in [6.07, 6.45) is 8.88. The fourth-order valence-corrected chi connectivity index (χ4v) is 7.91. The molecule has 4 amide bonds. The highest BCUT2D eigenvalue weighted by atomic mass is 35.5. The molecule has 0 saturated heterocycles. The average molecular weight is 1000 g/mol. The number of nitrogens with zero attached hydrogens (tertiary/aromatic N) is 9. The number of nitrogens with two attached hydrogens (primary N) is 2. The minimum absolute atomic E-state index is 0.122. The number of ether oxygens (including phenoxy) is 1. The summed E-state index contributed by atoms with van der Waals surface area (Å²) in [5, 5.41) is 18.4. The van der Waals surface area contributed by atoms with Gasteiger partial charge in [0.05, 0.1) is 92.5 Å². The smallest absolute Gasteiger partial charge is 0.314 e. The van der Waals surface area contributed by atoms with Crippen LogP contribution in [-0.2, 0) is 56.8 Å². The quantitative estimate of drug-likeness (QED) is 0.0384. The van der Waals surface area contributed by atoms with Crippen LogP contribution in [0.3, 0.4) is 0 Å². The molecule has 6 aromatic heterocycles. The van der Waals surface area contributed by atoms with Gasteiger partial charge in [0.1, 0.15) is 18.4 Å². The zero-order valence-corrected chi connectivity index (χ0v) is 41.0. The summed E-state index contributed by atoms with van der Waals surface area (Å²) < 4.78 is 7.47. The number of anilines is 4. The molecule has 8 aromatic rings. The Balaban J connectivity index is 0.000000212. The van der Waals surface area contributed by atoms with Crippen molar-refractivity contribution in [2.75, 3.05) is 28.7 Å². The molecule has 70 heavy (non-hydrogen) atoms. The van der Waals surface area contributed by atoms with E-state index >= 15 is 0 Å². The fourth-order valence-electron chi connectivity index (χ4n) is 6.93. The monoisotopic (exact) mass is 1000 g/mol. The van der Waals surface area contributed by atoms with Crippen LogP contribution in [0, 0.1) is 0 Å². The van der Waals surface area contributed by atoms with Gasteiger partial charge in [-0.3, -0.25) is 34.2 Å². The molecule has 0 aliphatic carbocycles. The number of nitrogens with one attached hydrogen (secondary N) is 3. The molecule has 8 rings (SSSR count). The number of hydrogen-bond donors (Lipinski definition) is 5. The zero-order chi connectivity index (χ0) is 49.8. The number of carbonyl (C=O) groups excluding carboxylic acids is 4. The van der Waals surface area contributed by atoms with E-state index < -0.39 is 31.7 Å². The lowest BCUT2D eigenvalue weighted by Gasteiger charge is -2.22. The third-order valence-corrected chi connectivity index (χ3v) is 12.8. The van der Waals surface area contributed by atoms with Crippen molar-refractivity contribution in [1.82, 2.24) is 49.7 Å². The van der Waals surface area contributed by atoms with Crippen LogP contribution in [0.4, 0.5) is 23.0 Å². The minimum Gasteiger partial charge on any atom is -0.383 e. The molecule has 0 radical (unpaired) electrons. The first-order chi connectivity index (χ1) is 33.6. The number of carbonyl (C=O) groups is 4. The largest absolute Gasteiger partial charge is 0.383 e. The van der Waals surface area contributed by atoms with Crippen molar-refractivity contribution in [3.8, 4) is 0 Å². The summed E-state index contributed by atoms with van der Waals surface area (Å²) in [7, 11) is -1.25. The Morgan fingerprint density at radius 1 is 0.643 bits per heavy atom. The minimum atomic E-state index is -1.25. The van der Waals surface area contributed by atoms with Gasteiger partial charge in [-0.1, -0.05) is 104 Å². The number of fused-ring (bicyclic) bond motifs is 2. The van der Waals surface area contributed by atoms with Gasteiger partial charge in [-0.05, 0) is 41.4 Å². The lowest BCUT2D eigenvalue weighted by molar-refractivity contribution is -0.144. The number of nitrogen functional groups attached to an aromatic ring is 2. The van der Waals surface area contributed by atoms with Gasteiger partial charge in [-0.15, -0.1) is 0 Å². The number of halogens is 2. The van der Waals surface area contributed by atoms with E-state index in [1.807, 2.05) is 60.7 Å². The molecule has 6 heterocycles. The number of aromatic amines is 1. The van der Waals surface area contributed by atoms with Crippen molar-refractivity contribution in [1.29, 1.82) is 0 Å². The van der Waals surface area contributed by atoms with E-state index in [0.29, 0.717) is 61.2 Å². The molecule has 0 bridgehead atoms. The Kier molecular flexibility index (Phi) is 16.5. The van der Waals surface area contributed by atoms with Gasteiger partial charge >= 0.3 is 23.6 Å². The third-order valence-electron chi connectivity index (χ3n) is 10.6. The first kappa shape index (κ1) is 50.1. The van der Waals surface area contributed by atoms with Crippen molar-refractivity contribution < 1.29 is 23.9 Å². The Hall–Kier alpha value is -7.78. The summed E-state index contributed by atoms with van der Waals surface area (Å²) in [6.45, 7) is 8.32. The van der Waals surface area contributed by atoms with Crippen LogP contribution in [0.1, 0.15) is 22.5 Å². The second-order valence-corrected chi connectivity index (χ2v) is 23.7.